The fourth-order valence-electron chi connectivity index (χ4n) is 2.85. The Kier molecular flexibility index (Phi) is 3.97. The molecule has 0 saturated carbocycles. The molecule has 1 amide bonds. The molecule has 0 spiro atoms. The molecule has 3 heteroatoms. The van der Waals surface area contributed by atoms with E-state index in [9.17, 15) is 4.79 Å². The van der Waals surface area contributed by atoms with E-state index in [1.807, 2.05) is 0 Å². The second-order valence-electron chi connectivity index (χ2n) is 5.37. The van der Waals surface area contributed by atoms with E-state index in [0.717, 1.165) is 25.9 Å². The first-order valence-electron chi connectivity index (χ1n) is 7.29. The normalized spacial score (nSPS) is 18.3. The van der Waals surface area contributed by atoms with Gasteiger partial charge < -0.3 is 10.6 Å². The number of rotatable bonds is 4. The van der Waals surface area contributed by atoms with Crippen molar-refractivity contribution in [3.63, 3.8) is 0 Å². The molecule has 104 valence electrons. The van der Waals surface area contributed by atoms with Gasteiger partial charge >= 0.3 is 0 Å². The quantitative estimate of drug-likeness (QED) is 0.891. The van der Waals surface area contributed by atoms with Crippen LogP contribution in [0.4, 0.5) is 0 Å². The molecule has 20 heavy (non-hydrogen) atoms. The lowest BCUT2D eigenvalue weighted by molar-refractivity contribution is -0.124. The smallest absolute Gasteiger partial charge is 0.224 e. The number of nitrogens with one attached hydrogen (secondary N) is 2. The lowest BCUT2D eigenvalue weighted by atomic mass is 10.0. The van der Waals surface area contributed by atoms with E-state index < -0.39 is 0 Å². The molecule has 1 atom stereocenters. The van der Waals surface area contributed by atoms with Crippen LogP contribution in [0.25, 0.3) is 10.8 Å². The largest absolute Gasteiger partial charge is 0.355 e. The molecule has 2 N–H and O–H groups in total. The zero-order chi connectivity index (χ0) is 13.8. The molecule has 1 aliphatic heterocycles. The van der Waals surface area contributed by atoms with Crippen molar-refractivity contribution in [2.45, 2.75) is 12.8 Å². The Bertz CT molecular complexity index is 597. The highest BCUT2D eigenvalue weighted by Gasteiger charge is 2.21. The van der Waals surface area contributed by atoms with E-state index in [0.29, 0.717) is 6.54 Å². The summed E-state index contributed by atoms with van der Waals surface area (Å²) in [7, 11) is 0. The molecule has 1 heterocycles. The topological polar surface area (TPSA) is 41.1 Å². The maximum absolute atomic E-state index is 11.9. The minimum atomic E-state index is 0.155. The van der Waals surface area contributed by atoms with Crippen molar-refractivity contribution in [1.29, 1.82) is 0 Å². The van der Waals surface area contributed by atoms with Crippen LogP contribution in [0.2, 0.25) is 0 Å². The first-order chi connectivity index (χ1) is 9.84. The molecule has 1 unspecified atom stereocenters. The third-order valence-corrected chi connectivity index (χ3v) is 4.00. The van der Waals surface area contributed by atoms with Crippen LogP contribution >= 0.6 is 0 Å². The van der Waals surface area contributed by atoms with Gasteiger partial charge in [0.05, 0.1) is 5.92 Å². The highest BCUT2D eigenvalue weighted by atomic mass is 16.1. The van der Waals surface area contributed by atoms with E-state index in [1.54, 1.807) is 0 Å². The minimum absolute atomic E-state index is 0.155. The maximum atomic E-state index is 11.9. The third kappa shape index (κ3) is 2.83. The van der Waals surface area contributed by atoms with Crippen LogP contribution in [0.3, 0.4) is 0 Å². The molecule has 2 aromatic carbocycles. The first kappa shape index (κ1) is 13.1. The van der Waals surface area contributed by atoms with Gasteiger partial charge in [-0.15, -0.1) is 0 Å². The van der Waals surface area contributed by atoms with Gasteiger partial charge in [-0.05, 0) is 35.7 Å². The van der Waals surface area contributed by atoms with E-state index in [-0.39, 0.29) is 11.8 Å². The van der Waals surface area contributed by atoms with Crippen LogP contribution in [0.1, 0.15) is 12.0 Å². The molecule has 1 fully saturated rings. The summed E-state index contributed by atoms with van der Waals surface area (Å²) in [6, 6.07) is 14.7. The minimum Gasteiger partial charge on any atom is -0.355 e. The molecule has 2 aromatic rings. The van der Waals surface area contributed by atoms with Gasteiger partial charge in [-0.25, -0.2) is 0 Å². The molecule has 1 aliphatic rings. The van der Waals surface area contributed by atoms with Crippen LogP contribution in [0.5, 0.6) is 0 Å². The second-order valence-corrected chi connectivity index (χ2v) is 5.37. The number of hydrogen-bond donors (Lipinski definition) is 2. The van der Waals surface area contributed by atoms with Crippen molar-refractivity contribution in [2.75, 3.05) is 19.6 Å². The van der Waals surface area contributed by atoms with Crippen LogP contribution in [0.15, 0.2) is 42.5 Å². The summed E-state index contributed by atoms with van der Waals surface area (Å²) < 4.78 is 0. The number of carbonyl (C=O) groups is 1. The Labute approximate surface area is 119 Å². The number of amides is 1. The lowest BCUT2D eigenvalue weighted by Crippen LogP contribution is -2.33. The fourth-order valence-corrected chi connectivity index (χ4v) is 2.85. The summed E-state index contributed by atoms with van der Waals surface area (Å²) in [6.07, 6.45) is 1.84. The predicted molar refractivity (Wildman–Crippen MR) is 81.6 cm³/mol. The summed E-state index contributed by atoms with van der Waals surface area (Å²) in [6.45, 7) is 2.49. The Morgan fingerprint density at radius 1 is 1.20 bits per heavy atom. The molecule has 0 aromatic heterocycles. The third-order valence-electron chi connectivity index (χ3n) is 4.00. The zero-order valence-electron chi connectivity index (χ0n) is 11.6. The average Bonchev–Trinajstić information content (AvgIpc) is 3.02. The Morgan fingerprint density at radius 2 is 2.05 bits per heavy atom. The second kappa shape index (κ2) is 6.06. The zero-order valence-corrected chi connectivity index (χ0v) is 11.6. The highest BCUT2D eigenvalue weighted by Crippen LogP contribution is 2.18. The van der Waals surface area contributed by atoms with Crippen LogP contribution in [-0.4, -0.2) is 25.5 Å². The van der Waals surface area contributed by atoms with Gasteiger partial charge in [-0.1, -0.05) is 42.5 Å². The maximum Gasteiger partial charge on any atom is 0.224 e. The fraction of sp³-hybridized carbons (Fsp3) is 0.353. The first-order valence-corrected chi connectivity index (χ1v) is 7.29. The predicted octanol–water partition coefficient (Wildman–Crippen LogP) is 2.11. The van der Waals surface area contributed by atoms with Gasteiger partial charge in [0.15, 0.2) is 0 Å². The van der Waals surface area contributed by atoms with Crippen LogP contribution in [0, 0.1) is 5.92 Å². The van der Waals surface area contributed by atoms with Gasteiger partial charge in [-0.3, -0.25) is 4.79 Å². The average molecular weight is 268 g/mol. The van der Waals surface area contributed by atoms with Gasteiger partial charge in [0.1, 0.15) is 0 Å². The van der Waals surface area contributed by atoms with Crippen molar-refractivity contribution in [2.24, 2.45) is 5.92 Å². The highest BCUT2D eigenvalue weighted by molar-refractivity contribution is 5.85. The van der Waals surface area contributed by atoms with Crippen LogP contribution in [-0.2, 0) is 11.2 Å². The summed E-state index contributed by atoms with van der Waals surface area (Å²) in [4.78, 5) is 11.9. The van der Waals surface area contributed by atoms with Gasteiger partial charge in [-0.2, -0.15) is 0 Å². The Hall–Kier alpha value is -1.87. The lowest BCUT2D eigenvalue weighted by Gasteiger charge is -2.11. The molecule has 0 bridgehead atoms. The molecule has 3 nitrogen and oxygen atoms in total. The van der Waals surface area contributed by atoms with Crippen molar-refractivity contribution in [3.05, 3.63) is 48.0 Å². The van der Waals surface area contributed by atoms with Crippen molar-refractivity contribution in [3.8, 4) is 0 Å². The summed E-state index contributed by atoms with van der Waals surface area (Å²) in [5.74, 6) is 0.345. The van der Waals surface area contributed by atoms with Crippen molar-refractivity contribution >= 4 is 16.7 Å². The summed E-state index contributed by atoms with van der Waals surface area (Å²) >= 11 is 0. The number of benzene rings is 2. The SMILES string of the molecule is O=C(NCCc1cccc2ccccc12)C1CCNC1. The molecule has 1 saturated heterocycles. The monoisotopic (exact) mass is 268 g/mol. The van der Waals surface area contributed by atoms with Gasteiger partial charge in [0.2, 0.25) is 5.91 Å². The van der Waals surface area contributed by atoms with E-state index in [1.165, 1.54) is 16.3 Å². The van der Waals surface area contributed by atoms with Crippen molar-refractivity contribution < 1.29 is 4.79 Å². The molecular weight excluding hydrogens is 248 g/mol. The molecule has 3 rings (SSSR count). The standard InChI is InChI=1S/C17H20N2O/c20-17(15-8-10-18-12-15)19-11-9-14-6-3-5-13-4-1-2-7-16(13)14/h1-7,15,18H,8-12H2,(H,19,20). The summed E-state index contributed by atoms with van der Waals surface area (Å²) in [5.41, 5.74) is 1.30. The number of hydrogen-bond acceptors (Lipinski definition) is 2. The van der Waals surface area contributed by atoms with Gasteiger partial charge in [0.25, 0.3) is 0 Å². The molecule has 0 aliphatic carbocycles. The van der Waals surface area contributed by atoms with E-state index in [2.05, 4.69) is 53.1 Å². The Morgan fingerprint density at radius 3 is 2.90 bits per heavy atom. The van der Waals surface area contributed by atoms with Crippen LogP contribution < -0.4 is 10.6 Å². The molecule has 0 radical (unpaired) electrons. The van der Waals surface area contributed by atoms with Crippen molar-refractivity contribution in [1.82, 2.24) is 10.6 Å². The van der Waals surface area contributed by atoms with E-state index in [4.69, 9.17) is 0 Å². The molecular formula is C17H20N2O. The number of fused-ring (bicyclic) bond motifs is 1. The van der Waals surface area contributed by atoms with E-state index >= 15 is 0 Å². The Balaban J connectivity index is 1.61. The van der Waals surface area contributed by atoms with Gasteiger partial charge in [0, 0.05) is 13.1 Å². The summed E-state index contributed by atoms with van der Waals surface area (Å²) in [5, 5.41) is 8.83. The number of carbonyl (C=O) groups excluding carboxylic acids is 1.